The van der Waals surface area contributed by atoms with Crippen LogP contribution in [0.2, 0.25) is 0 Å². The minimum absolute atomic E-state index is 0.0466. The lowest BCUT2D eigenvalue weighted by atomic mass is 9.87. The number of carbonyl (C=O) groups is 2. The molecule has 152 valence electrons. The third-order valence-corrected chi connectivity index (χ3v) is 6.32. The number of likely N-dealkylation sites (tertiary alicyclic amines) is 1. The van der Waals surface area contributed by atoms with Crippen molar-refractivity contribution in [1.82, 2.24) is 20.4 Å². The minimum Gasteiger partial charge on any atom is -0.353 e. The Balaban J connectivity index is 1.45. The van der Waals surface area contributed by atoms with Crippen molar-refractivity contribution in [3.8, 4) is 0 Å². The number of nitrogens with zero attached hydrogens (tertiary/aromatic N) is 2. The van der Waals surface area contributed by atoms with Crippen LogP contribution in [0.15, 0.2) is 24.3 Å². The van der Waals surface area contributed by atoms with Crippen molar-refractivity contribution in [3.05, 3.63) is 35.4 Å². The van der Waals surface area contributed by atoms with Gasteiger partial charge in [0.1, 0.15) is 0 Å². The van der Waals surface area contributed by atoms with E-state index >= 15 is 0 Å². The van der Waals surface area contributed by atoms with Crippen LogP contribution in [0.5, 0.6) is 0 Å². The summed E-state index contributed by atoms with van der Waals surface area (Å²) in [5, 5.41) is 6.07. The van der Waals surface area contributed by atoms with Gasteiger partial charge in [0.25, 0.3) is 0 Å². The molecule has 6 nitrogen and oxygen atoms in total. The van der Waals surface area contributed by atoms with Gasteiger partial charge < -0.3 is 15.5 Å². The summed E-state index contributed by atoms with van der Waals surface area (Å²) in [5.74, 6) is 0.175. The second-order valence-electron chi connectivity index (χ2n) is 8.30. The highest BCUT2D eigenvalue weighted by Crippen LogP contribution is 2.36. The number of nitrogens with one attached hydrogen (secondary N) is 2. The molecule has 2 N–H and O–H groups in total. The number of hydrogen-bond donors (Lipinski definition) is 2. The van der Waals surface area contributed by atoms with Gasteiger partial charge in [0.05, 0.1) is 0 Å². The number of piperidine rings is 1. The van der Waals surface area contributed by atoms with Crippen LogP contribution in [0, 0.1) is 0 Å². The molecule has 0 spiro atoms. The largest absolute Gasteiger partial charge is 0.353 e. The minimum atomic E-state index is 0.0466. The van der Waals surface area contributed by atoms with E-state index in [2.05, 4.69) is 39.8 Å². The monoisotopic (exact) mass is 384 g/mol. The third kappa shape index (κ3) is 4.32. The maximum atomic E-state index is 12.6. The molecule has 0 aromatic heterocycles. The molecule has 0 radical (unpaired) electrons. The van der Waals surface area contributed by atoms with Gasteiger partial charge in [-0.25, -0.2) is 4.79 Å². The van der Waals surface area contributed by atoms with Crippen LogP contribution >= 0.6 is 0 Å². The molecule has 3 aliphatic rings. The molecule has 28 heavy (non-hydrogen) atoms. The van der Waals surface area contributed by atoms with Crippen molar-refractivity contribution in [3.63, 3.8) is 0 Å². The van der Waals surface area contributed by atoms with Gasteiger partial charge in [-0.15, -0.1) is 0 Å². The van der Waals surface area contributed by atoms with Crippen LogP contribution < -0.4 is 10.6 Å². The smallest absolute Gasteiger partial charge is 0.317 e. The highest BCUT2D eigenvalue weighted by molar-refractivity contribution is 5.77. The molecule has 4 rings (SSSR count). The third-order valence-electron chi connectivity index (χ3n) is 6.32. The number of urea groups is 1. The van der Waals surface area contributed by atoms with Gasteiger partial charge in [-0.1, -0.05) is 24.3 Å². The van der Waals surface area contributed by atoms with Crippen LogP contribution in [-0.4, -0.2) is 60.0 Å². The Labute approximate surface area is 167 Å². The average Bonchev–Trinajstić information content (AvgIpc) is 3.52. The van der Waals surface area contributed by atoms with Gasteiger partial charge in [-0.2, -0.15) is 0 Å². The molecule has 2 fully saturated rings. The first-order chi connectivity index (χ1) is 13.7. The van der Waals surface area contributed by atoms with Crippen molar-refractivity contribution in [2.75, 3.05) is 26.2 Å². The number of rotatable bonds is 5. The van der Waals surface area contributed by atoms with E-state index in [0.29, 0.717) is 25.0 Å². The van der Waals surface area contributed by atoms with E-state index in [1.54, 1.807) is 0 Å². The van der Waals surface area contributed by atoms with Gasteiger partial charge in [-0.3, -0.25) is 9.69 Å². The Bertz CT molecular complexity index is 710. The summed E-state index contributed by atoms with van der Waals surface area (Å²) in [6.45, 7) is 5.18. The number of benzene rings is 1. The van der Waals surface area contributed by atoms with E-state index < -0.39 is 0 Å². The average molecular weight is 385 g/mol. The van der Waals surface area contributed by atoms with Crippen LogP contribution in [0.3, 0.4) is 0 Å². The predicted octanol–water partition coefficient (Wildman–Crippen LogP) is 2.45. The van der Waals surface area contributed by atoms with E-state index in [9.17, 15) is 9.59 Å². The van der Waals surface area contributed by atoms with E-state index in [-0.39, 0.29) is 18.0 Å². The second-order valence-corrected chi connectivity index (χ2v) is 8.30. The van der Waals surface area contributed by atoms with Crippen molar-refractivity contribution < 1.29 is 9.59 Å². The maximum absolute atomic E-state index is 12.6. The molecule has 3 amide bonds. The Morgan fingerprint density at radius 2 is 1.82 bits per heavy atom. The first-order valence-electron chi connectivity index (χ1n) is 10.8. The molecule has 2 heterocycles. The molecule has 1 saturated carbocycles. The summed E-state index contributed by atoms with van der Waals surface area (Å²) in [5.41, 5.74) is 2.69. The van der Waals surface area contributed by atoms with Crippen LogP contribution in [-0.2, 0) is 11.2 Å². The maximum Gasteiger partial charge on any atom is 0.317 e. The zero-order valence-corrected chi connectivity index (χ0v) is 16.8. The topological polar surface area (TPSA) is 64.7 Å². The van der Waals surface area contributed by atoms with E-state index in [1.165, 1.54) is 11.1 Å². The van der Waals surface area contributed by atoms with Crippen LogP contribution in [0.1, 0.15) is 56.2 Å². The summed E-state index contributed by atoms with van der Waals surface area (Å²) in [4.78, 5) is 29.2. The zero-order valence-electron chi connectivity index (χ0n) is 16.8. The summed E-state index contributed by atoms with van der Waals surface area (Å²) in [7, 11) is 0. The Morgan fingerprint density at radius 3 is 2.54 bits per heavy atom. The Kier molecular flexibility index (Phi) is 5.85. The normalized spacial score (nSPS) is 23.2. The summed E-state index contributed by atoms with van der Waals surface area (Å²) >= 11 is 0. The first-order valence-corrected chi connectivity index (χ1v) is 10.8. The quantitative estimate of drug-likeness (QED) is 0.820. The van der Waals surface area contributed by atoms with E-state index in [4.69, 9.17) is 0 Å². The highest BCUT2D eigenvalue weighted by atomic mass is 16.2. The first kappa shape index (κ1) is 19.2. The van der Waals surface area contributed by atoms with Gasteiger partial charge in [-0.05, 0) is 50.2 Å². The van der Waals surface area contributed by atoms with Crippen molar-refractivity contribution in [2.24, 2.45) is 0 Å². The van der Waals surface area contributed by atoms with Crippen LogP contribution in [0.4, 0.5) is 4.79 Å². The molecule has 6 heteroatoms. The molecular weight excluding hydrogens is 352 g/mol. The van der Waals surface area contributed by atoms with Crippen molar-refractivity contribution in [2.45, 2.75) is 63.6 Å². The molecule has 1 aromatic rings. The van der Waals surface area contributed by atoms with Gasteiger partial charge in [0.2, 0.25) is 5.91 Å². The lowest BCUT2D eigenvalue weighted by Crippen LogP contribution is -2.52. The lowest BCUT2D eigenvalue weighted by molar-refractivity contribution is -0.123. The fourth-order valence-electron chi connectivity index (χ4n) is 4.69. The molecule has 1 saturated heterocycles. The predicted molar refractivity (Wildman–Crippen MR) is 109 cm³/mol. The molecule has 1 aliphatic carbocycles. The molecular formula is C22H32N4O2. The van der Waals surface area contributed by atoms with Gasteiger partial charge >= 0.3 is 6.03 Å². The summed E-state index contributed by atoms with van der Waals surface area (Å²) < 4.78 is 0. The highest BCUT2D eigenvalue weighted by Gasteiger charge is 2.36. The fraction of sp³-hybridized carbons (Fsp3) is 0.636. The second kappa shape index (κ2) is 8.52. The number of hydrogen-bond acceptors (Lipinski definition) is 3. The Morgan fingerprint density at radius 1 is 1.07 bits per heavy atom. The standard InChI is InChI=1S/C22H32N4O2/c1-2-23-22(28)25-12-10-18(11-13-25)26-14-9-16-5-3-4-6-19(16)20(26)15-21(27)24-17-7-8-17/h3-6,17-18,20H,2,7-15H2,1H3,(H,23,28)(H,24,27). The van der Waals surface area contributed by atoms with Gasteiger partial charge in [0, 0.05) is 50.7 Å². The summed E-state index contributed by atoms with van der Waals surface area (Å²) in [6.07, 6.45) is 5.75. The summed E-state index contributed by atoms with van der Waals surface area (Å²) in [6, 6.07) is 9.61. The van der Waals surface area contributed by atoms with Crippen molar-refractivity contribution in [1.29, 1.82) is 0 Å². The zero-order chi connectivity index (χ0) is 19.5. The molecule has 0 bridgehead atoms. The lowest BCUT2D eigenvalue weighted by Gasteiger charge is -2.45. The van der Waals surface area contributed by atoms with E-state index in [1.807, 2.05) is 11.8 Å². The molecule has 1 aromatic carbocycles. The Hall–Kier alpha value is -2.08. The molecule has 1 atom stereocenters. The number of carbonyl (C=O) groups excluding carboxylic acids is 2. The SMILES string of the molecule is CCNC(=O)N1CCC(N2CCc3ccccc3C2CC(=O)NC2CC2)CC1. The number of amides is 3. The van der Waals surface area contributed by atoms with Gasteiger partial charge in [0.15, 0.2) is 0 Å². The van der Waals surface area contributed by atoms with Crippen molar-refractivity contribution >= 4 is 11.9 Å². The molecule has 1 unspecified atom stereocenters. The molecule has 2 aliphatic heterocycles. The van der Waals surface area contributed by atoms with Crippen LogP contribution in [0.25, 0.3) is 0 Å². The van der Waals surface area contributed by atoms with E-state index in [0.717, 1.165) is 51.7 Å². The number of fused-ring (bicyclic) bond motifs is 1. The fourth-order valence-corrected chi connectivity index (χ4v) is 4.69.